The van der Waals surface area contributed by atoms with E-state index in [1.165, 1.54) is 0 Å². The predicted molar refractivity (Wildman–Crippen MR) is 84.6 cm³/mol. The van der Waals surface area contributed by atoms with Gasteiger partial charge in [0.25, 0.3) is 0 Å². The molecule has 1 saturated heterocycles. The summed E-state index contributed by atoms with van der Waals surface area (Å²) < 4.78 is 25.1. The Morgan fingerprint density at radius 1 is 1.33 bits per heavy atom. The average Bonchev–Trinajstić information content (AvgIpc) is 2.86. The van der Waals surface area contributed by atoms with E-state index in [4.69, 9.17) is 5.73 Å². The third-order valence-corrected chi connectivity index (χ3v) is 5.90. The first-order valence-corrected chi connectivity index (χ1v) is 9.35. The van der Waals surface area contributed by atoms with E-state index < -0.39 is 9.84 Å². The molecule has 1 aliphatic heterocycles. The summed E-state index contributed by atoms with van der Waals surface area (Å²) in [5, 5.41) is 0. The van der Waals surface area contributed by atoms with Gasteiger partial charge in [0.15, 0.2) is 9.84 Å². The summed E-state index contributed by atoms with van der Waals surface area (Å²) in [6, 6.07) is 6.59. The fraction of sp³-hybridized carbons (Fsp3) is 0.500. The number of nitrogens with two attached hydrogens (primary N) is 1. The van der Waals surface area contributed by atoms with Gasteiger partial charge in [0, 0.05) is 30.0 Å². The van der Waals surface area contributed by atoms with Crippen molar-refractivity contribution < 1.29 is 13.2 Å². The molecule has 1 atom stereocenters. The normalized spacial score (nSPS) is 19.0. The summed E-state index contributed by atoms with van der Waals surface area (Å²) in [7, 11) is -3.32. The highest BCUT2D eigenvalue weighted by Gasteiger charge is 2.23. The van der Waals surface area contributed by atoms with E-state index in [9.17, 15) is 13.2 Å². The molecule has 0 radical (unpaired) electrons. The standard InChI is InChI=1S/C14H19BrN2O3S/c15-11-3-5-13(6-4-11)21(19,20)9-1-2-14(18)17-8-7-12(16)10-17/h3-6,12H,1-2,7-10,16H2/t12-/m0/s1. The van der Waals surface area contributed by atoms with Crippen LogP contribution < -0.4 is 5.73 Å². The Balaban J connectivity index is 1.85. The Kier molecular flexibility index (Phi) is 5.40. The highest BCUT2D eigenvalue weighted by molar-refractivity contribution is 9.10. The minimum absolute atomic E-state index is 0.00560. The Morgan fingerprint density at radius 3 is 2.57 bits per heavy atom. The van der Waals surface area contributed by atoms with Crippen LogP contribution in [0.5, 0.6) is 0 Å². The first kappa shape index (κ1) is 16.5. The molecule has 1 aliphatic rings. The minimum Gasteiger partial charge on any atom is -0.341 e. The molecule has 0 aromatic heterocycles. The van der Waals surface area contributed by atoms with Crippen LogP contribution in [-0.2, 0) is 14.6 Å². The van der Waals surface area contributed by atoms with Crippen molar-refractivity contribution >= 4 is 31.7 Å². The van der Waals surface area contributed by atoms with Crippen LogP contribution in [0.15, 0.2) is 33.6 Å². The Labute approximate surface area is 133 Å². The Morgan fingerprint density at radius 2 is 2.00 bits per heavy atom. The van der Waals surface area contributed by atoms with Crippen LogP contribution in [0.2, 0.25) is 0 Å². The summed E-state index contributed by atoms with van der Waals surface area (Å²) >= 11 is 3.27. The second-order valence-corrected chi connectivity index (χ2v) is 8.29. The molecule has 1 aromatic rings. The number of amides is 1. The molecule has 1 amide bonds. The van der Waals surface area contributed by atoms with Crippen LogP contribution in [-0.4, -0.2) is 44.1 Å². The first-order chi connectivity index (χ1) is 9.88. The molecule has 21 heavy (non-hydrogen) atoms. The van der Waals surface area contributed by atoms with Gasteiger partial charge in [0.1, 0.15) is 0 Å². The summed E-state index contributed by atoms with van der Waals surface area (Å²) in [6.45, 7) is 1.26. The van der Waals surface area contributed by atoms with E-state index >= 15 is 0 Å². The van der Waals surface area contributed by atoms with Gasteiger partial charge in [-0.05, 0) is 37.1 Å². The molecule has 7 heteroatoms. The van der Waals surface area contributed by atoms with Gasteiger partial charge < -0.3 is 10.6 Å². The number of carbonyl (C=O) groups excluding carboxylic acids is 1. The largest absolute Gasteiger partial charge is 0.341 e. The molecule has 1 heterocycles. The first-order valence-electron chi connectivity index (χ1n) is 6.90. The minimum atomic E-state index is -3.32. The van der Waals surface area contributed by atoms with Gasteiger partial charge in [0.05, 0.1) is 10.6 Å². The molecule has 0 saturated carbocycles. The lowest BCUT2D eigenvalue weighted by Crippen LogP contribution is -2.31. The van der Waals surface area contributed by atoms with Gasteiger partial charge in [-0.15, -0.1) is 0 Å². The SMILES string of the molecule is N[C@H]1CCN(C(=O)CCCS(=O)(=O)c2ccc(Br)cc2)C1. The fourth-order valence-electron chi connectivity index (χ4n) is 2.35. The van der Waals surface area contributed by atoms with Crippen molar-refractivity contribution in [2.75, 3.05) is 18.8 Å². The van der Waals surface area contributed by atoms with Crippen molar-refractivity contribution in [2.45, 2.75) is 30.2 Å². The molecule has 0 spiro atoms. The van der Waals surface area contributed by atoms with Crippen LogP contribution in [0.1, 0.15) is 19.3 Å². The van der Waals surface area contributed by atoms with E-state index in [0.29, 0.717) is 24.4 Å². The summed E-state index contributed by atoms with van der Waals surface area (Å²) in [5.41, 5.74) is 5.76. The van der Waals surface area contributed by atoms with Crippen molar-refractivity contribution in [3.8, 4) is 0 Å². The third kappa shape index (κ3) is 4.52. The Bertz CT molecular complexity index is 601. The van der Waals surface area contributed by atoms with Gasteiger partial charge in [-0.3, -0.25) is 4.79 Å². The summed E-state index contributed by atoms with van der Waals surface area (Å²) in [5.74, 6) is -0.0192. The average molecular weight is 375 g/mol. The fourth-order valence-corrected chi connectivity index (χ4v) is 3.92. The van der Waals surface area contributed by atoms with Crippen molar-refractivity contribution in [1.82, 2.24) is 4.90 Å². The molecule has 116 valence electrons. The number of benzene rings is 1. The van der Waals surface area contributed by atoms with E-state index in [1.807, 2.05) is 0 Å². The maximum Gasteiger partial charge on any atom is 0.222 e. The van der Waals surface area contributed by atoms with Crippen LogP contribution in [0, 0.1) is 0 Å². The molecule has 5 nitrogen and oxygen atoms in total. The zero-order valence-corrected chi connectivity index (χ0v) is 14.1. The summed E-state index contributed by atoms with van der Waals surface area (Å²) in [4.78, 5) is 13.9. The second kappa shape index (κ2) is 6.89. The van der Waals surface area contributed by atoms with E-state index in [-0.39, 0.29) is 24.1 Å². The van der Waals surface area contributed by atoms with Crippen LogP contribution >= 0.6 is 15.9 Å². The maximum absolute atomic E-state index is 12.1. The molecular formula is C14H19BrN2O3S. The number of hydrogen-bond acceptors (Lipinski definition) is 4. The lowest BCUT2D eigenvalue weighted by molar-refractivity contribution is -0.130. The quantitative estimate of drug-likeness (QED) is 0.847. The molecule has 1 aromatic carbocycles. The van der Waals surface area contributed by atoms with Gasteiger partial charge >= 0.3 is 0 Å². The zero-order chi connectivity index (χ0) is 15.5. The topological polar surface area (TPSA) is 80.5 Å². The van der Waals surface area contributed by atoms with Crippen LogP contribution in [0.25, 0.3) is 0 Å². The summed E-state index contributed by atoms with van der Waals surface area (Å²) in [6.07, 6.45) is 1.41. The van der Waals surface area contributed by atoms with Gasteiger partial charge in [-0.25, -0.2) is 8.42 Å². The van der Waals surface area contributed by atoms with Gasteiger partial charge in [-0.2, -0.15) is 0 Å². The predicted octanol–water partition coefficient (Wildman–Crippen LogP) is 1.56. The van der Waals surface area contributed by atoms with E-state index in [2.05, 4.69) is 15.9 Å². The van der Waals surface area contributed by atoms with Crippen molar-refractivity contribution in [1.29, 1.82) is 0 Å². The van der Waals surface area contributed by atoms with E-state index in [1.54, 1.807) is 29.2 Å². The zero-order valence-electron chi connectivity index (χ0n) is 11.7. The van der Waals surface area contributed by atoms with Crippen molar-refractivity contribution in [3.63, 3.8) is 0 Å². The smallest absolute Gasteiger partial charge is 0.222 e. The number of nitrogens with zero attached hydrogens (tertiary/aromatic N) is 1. The molecule has 0 unspecified atom stereocenters. The van der Waals surface area contributed by atoms with Gasteiger partial charge in [-0.1, -0.05) is 15.9 Å². The molecular weight excluding hydrogens is 356 g/mol. The maximum atomic E-state index is 12.1. The molecule has 0 aliphatic carbocycles. The highest BCUT2D eigenvalue weighted by atomic mass is 79.9. The van der Waals surface area contributed by atoms with Gasteiger partial charge in [0.2, 0.25) is 5.91 Å². The number of sulfone groups is 1. The monoisotopic (exact) mass is 374 g/mol. The number of rotatable bonds is 5. The Hall–Kier alpha value is -0.920. The number of likely N-dealkylation sites (tertiary alicyclic amines) is 1. The number of carbonyl (C=O) groups is 1. The second-order valence-electron chi connectivity index (χ2n) is 5.26. The third-order valence-electron chi connectivity index (χ3n) is 3.55. The lowest BCUT2D eigenvalue weighted by atomic mass is 10.3. The molecule has 1 fully saturated rings. The number of hydrogen-bond donors (Lipinski definition) is 1. The lowest BCUT2D eigenvalue weighted by Gasteiger charge is -2.15. The van der Waals surface area contributed by atoms with Crippen LogP contribution in [0.4, 0.5) is 0 Å². The molecule has 0 bridgehead atoms. The van der Waals surface area contributed by atoms with E-state index in [0.717, 1.165) is 10.9 Å². The van der Waals surface area contributed by atoms with Crippen LogP contribution in [0.3, 0.4) is 0 Å². The van der Waals surface area contributed by atoms with Crippen molar-refractivity contribution in [3.05, 3.63) is 28.7 Å². The van der Waals surface area contributed by atoms with Crippen molar-refractivity contribution in [2.24, 2.45) is 5.73 Å². The highest BCUT2D eigenvalue weighted by Crippen LogP contribution is 2.17. The number of halogens is 1. The molecule has 2 rings (SSSR count). The molecule has 2 N–H and O–H groups in total.